The summed E-state index contributed by atoms with van der Waals surface area (Å²) in [6, 6.07) is 0.0244. The van der Waals surface area contributed by atoms with Gasteiger partial charge in [0.05, 0.1) is 6.04 Å². The van der Waals surface area contributed by atoms with Crippen molar-refractivity contribution in [2.45, 2.75) is 39.3 Å². The van der Waals surface area contributed by atoms with E-state index in [9.17, 15) is 4.79 Å². The fourth-order valence-electron chi connectivity index (χ4n) is 1.16. The Bertz CT molecular complexity index is 189. The maximum Gasteiger partial charge on any atom is 0.235 e. The van der Waals surface area contributed by atoms with E-state index >= 15 is 0 Å². The minimum absolute atomic E-state index is 0.341. The van der Waals surface area contributed by atoms with E-state index in [0.717, 1.165) is 6.54 Å². The average molecular weight is 234 g/mol. The molecule has 0 bridgehead atoms. The van der Waals surface area contributed by atoms with E-state index in [1.165, 1.54) is 0 Å². The van der Waals surface area contributed by atoms with E-state index < -0.39 is 0 Å². The summed E-state index contributed by atoms with van der Waals surface area (Å²) >= 11 is 3.87. The van der Waals surface area contributed by atoms with Crippen LogP contribution in [0, 0.1) is 5.92 Å². The van der Waals surface area contributed by atoms with E-state index in [2.05, 4.69) is 49.2 Å². The molecule has 0 aromatic heterocycles. The van der Waals surface area contributed by atoms with Gasteiger partial charge in [0.25, 0.3) is 0 Å². The second-order valence-corrected chi connectivity index (χ2v) is 4.36. The number of amides is 1. The van der Waals surface area contributed by atoms with Crippen LogP contribution < -0.4 is 21.3 Å². The van der Waals surface area contributed by atoms with Gasteiger partial charge in [-0.2, -0.15) is 0 Å². The molecule has 0 radical (unpaired) electrons. The number of nitrogens with one attached hydrogen (secondary N) is 3. The lowest BCUT2D eigenvalue weighted by Gasteiger charge is -2.18. The van der Waals surface area contributed by atoms with E-state index in [1.54, 1.807) is 0 Å². The van der Waals surface area contributed by atoms with Gasteiger partial charge in [-0.05, 0) is 26.2 Å². The summed E-state index contributed by atoms with van der Waals surface area (Å²) in [5, 5.41) is 0. The summed E-state index contributed by atoms with van der Waals surface area (Å²) < 4.78 is 2.60. The molecule has 0 saturated heterocycles. The molecule has 15 heavy (non-hydrogen) atoms. The highest BCUT2D eigenvalue weighted by molar-refractivity contribution is 7.78. The normalized spacial score (nSPS) is 15.3. The van der Waals surface area contributed by atoms with Crippen molar-refractivity contribution in [2.24, 2.45) is 11.7 Å². The summed E-state index contributed by atoms with van der Waals surface area (Å²) in [7, 11) is 0. The summed E-state index contributed by atoms with van der Waals surface area (Å²) in [5.74, 6) is -0.0259. The molecule has 0 heterocycles. The predicted molar refractivity (Wildman–Crippen MR) is 65.2 cm³/mol. The third-order valence-corrected chi connectivity index (χ3v) is 2.29. The summed E-state index contributed by atoms with van der Waals surface area (Å²) in [6.07, 6.45) is 0.672. The van der Waals surface area contributed by atoms with Gasteiger partial charge in [0, 0.05) is 12.6 Å². The van der Waals surface area contributed by atoms with Gasteiger partial charge >= 0.3 is 0 Å². The van der Waals surface area contributed by atoms with Crippen LogP contribution in [0.3, 0.4) is 0 Å². The minimum atomic E-state index is -0.371. The zero-order valence-electron chi connectivity index (χ0n) is 9.58. The molecular weight excluding hydrogens is 212 g/mol. The summed E-state index contributed by atoms with van der Waals surface area (Å²) in [4.78, 5) is 10.9. The Morgan fingerprint density at radius 3 is 2.40 bits per heavy atom. The molecule has 5 nitrogen and oxygen atoms in total. The van der Waals surface area contributed by atoms with Crippen LogP contribution >= 0.6 is 12.8 Å². The highest BCUT2D eigenvalue weighted by atomic mass is 32.1. The maximum absolute atomic E-state index is 10.9. The molecular formula is C9H22N4OS. The van der Waals surface area contributed by atoms with Crippen molar-refractivity contribution < 1.29 is 4.79 Å². The number of carbonyl (C=O) groups excluding carboxylic acids is 1. The highest BCUT2D eigenvalue weighted by Crippen LogP contribution is 2.04. The molecule has 0 aliphatic heterocycles. The molecule has 2 atom stereocenters. The Kier molecular flexibility index (Phi) is 7.76. The molecule has 2 unspecified atom stereocenters. The zero-order chi connectivity index (χ0) is 11.8. The van der Waals surface area contributed by atoms with Crippen LogP contribution in [-0.2, 0) is 4.79 Å². The first kappa shape index (κ1) is 14.7. The first-order valence-corrected chi connectivity index (χ1v) is 5.59. The Morgan fingerprint density at radius 1 is 1.40 bits per heavy atom. The minimum Gasteiger partial charge on any atom is -0.368 e. The quantitative estimate of drug-likeness (QED) is 0.298. The number of nitrogens with two attached hydrogens (primary N) is 1. The third-order valence-electron chi connectivity index (χ3n) is 1.98. The summed E-state index contributed by atoms with van der Waals surface area (Å²) in [6.45, 7) is 6.95. The van der Waals surface area contributed by atoms with Gasteiger partial charge in [0.15, 0.2) is 0 Å². The summed E-state index contributed by atoms with van der Waals surface area (Å²) in [5.41, 5.74) is 11.4. The molecule has 5 N–H and O–H groups in total. The average Bonchev–Trinajstić information content (AvgIpc) is 2.13. The van der Waals surface area contributed by atoms with Crippen LogP contribution in [-0.4, -0.2) is 24.5 Å². The lowest BCUT2D eigenvalue weighted by atomic mass is 10.0. The second-order valence-electron chi connectivity index (χ2n) is 4.10. The van der Waals surface area contributed by atoms with Crippen molar-refractivity contribution in [2.75, 3.05) is 6.54 Å². The van der Waals surface area contributed by atoms with Crippen LogP contribution in [0.15, 0.2) is 0 Å². The molecule has 0 aliphatic carbocycles. The first-order chi connectivity index (χ1) is 6.97. The molecule has 0 aliphatic rings. The smallest absolute Gasteiger partial charge is 0.235 e. The Labute approximate surface area is 97.1 Å². The third kappa shape index (κ3) is 7.61. The van der Waals surface area contributed by atoms with Crippen LogP contribution in [0.1, 0.15) is 27.2 Å². The predicted octanol–water partition coefficient (Wildman–Crippen LogP) is -0.196. The number of primary amides is 1. The number of rotatable bonds is 8. The van der Waals surface area contributed by atoms with E-state index in [4.69, 9.17) is 5.73 Å². The molecule has 0 saturated carbocycles. The topological polar surface area (TPSA) is 79.2 Å². The Hall–Kier alpha value is -0.300. The van der Waals surface area contributed by atoms with E-state index in [0.29, 0.717) is 18.4 Å². The molecule has 0 rings (SSSR count). The Morgan fingerprint density at radius 2 is 2.00 bits per heavy atom. The largest absolute Gasteiger partial charge is 0.368 e. The van der Waals surface area contributed by atoms with E-state index in [-0.39, 0.29) is 11.9 Å². The van der Waals surface area contributed by atoms with Gasteiger partial charge in [-0.15, -0.1) is 0 Å². The van der Waals surface area contributed by atoms with Crippen molar-refractivity contribution in [3.63, 3.8) is 0 Å². The van der Waals surface area contributed by atoms with Crippen LogP contribution in [0.4, 0.5) is 0 Å². The zero-order valence-corrected chi connectivity index (χ0v) is 10.5. The molecule has 0 fully saturated rings. The first-order valence-electron chi connectivity index (χ1n) is 5.14. The van der Waals surface area contributed by atoms with Gasteiger partial charge in [-0.1, -0.05) is 19.7 Å². The number of thiol groups is 1. The number of carbonyl (C=O) groups is 1. The molecule has 0 aromatic rings. The molecule has 0 spiro atoms. The van der Waals surface area contributed by atoms with Crippen molar-refractivity contribution in [3.8, 4) is 0 Å². The maximum atomic E-state index is 10.9. The van der Waals surface area contributed by atoms with E-state index in [1.807, 2.05) is 0 Å². The highest BCUT2D eigenvalue weighted by Gasteiger charge is 2.16. The standard InChI is InChI=1S/C9H22N4OS/c1-6(2)12-11-5-7(3)4-8(13-15)9(10)14/h6-8,11-13,15H,4-5H2,1-3H3,(H2,10,14). The van der Waals surface area contributed by atoms with Crippen LogP contribution in [0.5, 0.6) is 0 Å². The van der Waals surface area contributed by atoms with Crippen LogP contribution in [0.2, 0.25) is 0 Å². The fourth-order valence-corrected chi connectivity index (χ4v) is 1.39. The lowest BCUT2D eigenvalue weighted by Crippen LogP contribution is -2.43. The van der Waals surface area contributed by atoms with Gasteiger partial charge in [-0.25, -0.2) is 0 Å². The lowest BCUT2D eigenvalue weighted by molar-refractivity contribution is -0.119. The number of hydrogen-bond acceptors (Lipinski definition) is 5. The fraction of sp³-hybridized carbons (Fsp3) is 0.889. The van der Waals surface area contributed by atoms with Gasteiger partial charge in [-0.3, -0.25) is 20.4 Å². The molecule has 90 valence electrons. The van der Waals surface area contributed by atoms with Crippen molar-refractivity contribution in [1.29, 1.82) is 0 Å². The van der Waals surface area contributed by atoms with Crippen molar-refractivity contribution in [3.05, 3.63) is 0 Å². The molecule has 1 amide bonds. The second kappa shape index (κ2) is 7.92. The number of hydrogen-bond donors (Lipinski definition) is 5. The van der Waals surface area contributed by atoms with Gasteiger partial charge in [0.2, 0.25) is 5.91 Å². The van der Waals surface area contributed by atoms with Crippen molar-refractivity contribution in [1.82, 2.24) is 15.6 Å². The number of hydrazine groups is 1. The van der Waals surface area contributed by atoms with Crippen LogP contribution in [0.25, 0.3) is 0 Å². The van der Waals surface area contributed by atoms with Gasteiger partial charge < -0.3 is 5.73 Å². The molecule has 6 heteroatoms. The van der Waals surface area contributed by atoms with Crippen molar-refractivity contribution >= 4 is 18.7 Å². The Balaban J connectivity index is 3.71. The SMILES string of the molecule is CC(CNNC(C)C)CC(NS)C(N)=O. The molecule has 0 aromatic carbocycles. The van der Waals surface area contributed by atoms with Gasteiger partial charge in [0.1, 0.15) is 0 Å². The monoisotopic (exact) mass is 234 g/mol.